The van der Waals surface area contributed by atoms with E-state index in [4.69, 9.17) is 4.42 Å². The Morgan fingerprint density at radius 1 is 1.13 bits per heavy atom. The van der Waals surface area contributed by atoms with Gasteiger partial charge in [-0.25, -0.2) is 4.98 Å². The highest BCUT2D eigenvalue weighted by Gasteiger charge is 2.29. The number of benzene rings is 2. The van der Waals surface area contributed by atoms with Crippen LogP contribution in [0.1, 0.15) is 55.2 Å². The fourth-order valence-corrected chi connectivity index (χ4v) is 3.96. The molecule has 1 aromatic heterocycles. The van der Waals surface area contributed by atoms with Crippen molar-refractivity contribution in [3.8, 4) is 11.3 Å². The van der Waals surface area contributed by atoms with Gasteiger partial charge in [0.25, 0.3) is 0 Å². The zero-order chi connectivity index (χ0) is 21.4. The number of hydrogen-bond donors (Lipinski definition) is 1. The molecule has 1 aliphatic carbocycles. The standard InChI is InChI=1S/C25H23N3O3/c1-16(29)28-13-12-17-4-2-3-5-21(17)22(28)14-24(30)27-20-10-8-18(9-11-20)23-15-26-25(31-23)19-6-7-19/h2-5,8-13,15,19,22H,6-7,14H2,1H3,(H,27,30). The van der Waals surface area contributed by atoms with Gasteiger partial charge in [-0.1, -0.05) is 24.3 Å². The van der Waals surface area contributed by atoms with Gasteiger partial charge < -0.3 is 14.6 Å². The van der Waals surface area contributed by atoms with E-state index in [-0.39, 0.29) is 24.3 Å². The summed E-state index contributed by atoms with van der Waals surface area (Å²) in [4.78, 5) is 30.9. The summed E-state index contributed by atoms with van der Waals surface area (Å²) in [5.74, 6) is 1.78. The van der Waals surface area contributed by atoms with Crippen LogP contribution in [-0.4, -0.2) is 21.7 Å². The van der Waals surface area contributed by atoms with Crippen molar-refractivity contribution in [2.24, 2.45) is 0 Å². The smallest absolute Gasteiger partial charge is 0.226 e. The van der Waals surface area contributed by atoms with E-state index in [2.05, 4.69) is 10.3 Å². The number of nitrogens with one attached hydrogen (secondary N) is 1. The zero-order valence-corrected chi connectivity index (χ0v) is 17.2. The Morgan fingerprint density at radius 3 is 2.65 bits per heavy atom. The van der Waals surface area contributed by atoms with Crippen LogP contribution in [-0.2, 0) is 9.59 Å². The van der Waals surface area contributed by atoms with Gasteiger partial charge in [0.15, 0.2) is 11.7 Å². The normalized spacial score (nSPS) is 17.3. The van der Waals surface area contributed by atoms with Gasteiger partial charge in [-0.2, -0.15) is 0 Å². The van der Waals surface area contributed by atoms with Crippen LogP contribution in [0.3, 0.4) is 0 Å². The molecule has 1 N–H and O–H groups in total. The first kappa shape index (κ1) is 19.3. The number of hydrogen-bond acceptors (Lipinski definition) is 4. The SMILES string of the molecule is CC(=O)N1C=Cc2ccccc2C1CC(=O)Nc1ccc(-c2cnc(C3CC3)o2)cc1. The summed E-state index contributed by atoms with van der Waals surface area (Å²) in [5.41, 5.74) is 3.62. The van der Waals surface area contributed by atoms with E-state index in [0.29, 0.717) is 11.6 Å². The van der Waals surface area contributed by atoms with Crippen LogP contribution in [0.2, 0.25) is 0 Å². The van der Waals surface area contributed by atoms with Crippen LogP contribution in [0.25, 0.3) is 17.4 Å². The highest BCUT2D eigenvalue weighted by Crippen LogP contribution is 2.40. The minimum Gasteiger partial charge on any atom is -0.440 e. The van der Waals surface area contributed by atoms with Crippen molar-refractivity contribution in [2.75, 3.05) is 5.32 Å². The first-order valence-electron chi connectivity index (χ1n) is 10.5. The molecule has 2 amide bonds. The number of rotatable bonds is 5. The molecule has 6 nitrogen and oxygen atoms in total. The maximum absolute atomic E-state index is 12.8. The van der Waals surface area contributed by atoms with Gasteiger partial charge >= 0.3 is 0 Å². The summed E-state index contributed by atoms with van der Waals surface area (Å²) in [7, 11) is 0. The van der Waals surface area contributed by atoms with Crippen LogP contribution < -0.4 is 5.32 Å². The molecule has 2 aromatic carbocycles. The maximum atomic E-state index is 12.8. The lowest BCUT2D eigenvalue weighted by atomic mass is 9.93. The molecule has 3 aromatic rings. The summed E-state index contributed by atoms with van der Waals surface area (Å²) in [6, 6.07) is 15.0. The Hall–Kier alpha value is -3.67. The third-order valence-corrected chi connectivity index (χ3v) is 5.75. The Balaban J connectivity index is 1.28. The Kier molecular flexibility index (Phi) is 4.90. The van der Waals surface area contributed by atoms with Crippen LogP contribution in [0.4, 0.5) is 5.69 Å². The molecule has 0 saturated heterocycles. The minimum absolute atomic E-state index is 0.0921. The molecule has 6 heteroatoms. The molecule has 1 unspecified atom stereocenters. The summed E-state index contributed by atoms with van der Waals surface area (Å²) in [5, 5.41) is 2.94. The van der Waals surface area contributed by atoms with Gasteiger partial charge in [-0.05, 0) is 54.3 Å². The number of carbonyl (C=O) groups excluding carboxylic acids is 2. The van der Waals surface area contributed by atoms with Gasteiger partial charge in [-0.3, -0.25) is 9.59 Å². The number of carbonyl (C=O) groups is 2. The van der Waals surface area contributed by atoms with Gasteiger partial charge in [0.1, 0.15) is 0 Å². The second-order valence-electron chi connectivity index (χ2n) is 8.05. The van der Waals surface area contributed by atoms with E-state index in [1.165, 1.54) is 6.92 Å². The monoisotopic (exact) mass is 413 g/mol. The summed E-state index contributed by atoms with van der Waals surface area (Å²) in [6.07, 6.45) is 7.88. The lowest BCUT2D eigenvalue weighted by Gasteiger charge is -2.32. The van der Waals surface area contributed by atoms with Crippen molar-refractivity contribution in [1.29, 1.82) is 0 Å². The van der Waals surface area contributed by atoms with E-state index in [1.807, 2.05) is 54.6 Å². The number of fused-ring (bicyclic) bond motifs is 1. The molecule has 31 heavy (non-hydrogen) atoms. The van der Waals surface area contributed by atoms with Gasteiger partial charge in [0.2, 0.25) is 11.8 Å². The summed E-state index contributed by atoms with van der Waals surface area (Å²) < 4.78 is 5.84. The van der Waals surface area contributed by atoms with Gasteiger partial charge in [-0.15, -0.1) is 0 Å². The van der Waals surface area contributed by atoms with Gasteiger partial charge in [0, 0.05) is 30.3 Å². The molecular formula is C25H23N3O3. The average Bonchev–Trinajstić information content (AvgIpc) is 3.51. The van der Waals surface area contributed by atoms with Crippen LogP contribution >= 0.6 is 0 Å². The van der Waals surface area contributed by atoms with E-state index >= 15 is 0 Å². The number of amides is 2. The molecule has 1 atom stereocenters. The van der Waals surface area contributed by atoms with Crippen molar-refractivity contribution in [3.63, 3.8) is 0 Å². The predicted molar refractivity (Wildman–Crippen MR) is 118 cm³/mol. The van der Waals surface area contributed by atoms with Crippen LogP contribution in [0, 0.1) is 0 Å². The maximum Gasteiger partial charge on any atom is 0.226 e. The average molecular weight is 413 g/mol. The van der Waals surface area contributed by atoms with E-state index in [1.54, 1.807) is 17.3 Å². The topological polar surface area (TPSA) is 75.4 Å². The van der Waals surface area contributed by atoms with Gasteiger partial charge in [0.05, 0.1) is 18.7 Å². The molecular weight excluding hydrogens is 390 g/mol. The van der Waals surface area contributed by atoms with Crippen molar-refractivity contribution < 1.29 is 14.0 Å². The number of aromatic nitrogens is 1. The molecule has 0 spiro atoms. The number of anilines is 1. The second-order valence-corrected chi connectivity index (χ2v) is 8.05. The van der Waals surface area contributed by atoms with E-state index in [9.17, 15) is 9.59 Å². The fourth-order valence-electron chi connectivity index (χ4n) is 3.96. The second kappa shape index (κ2) is 7.87. The molecule has 2 aliphatic rings. The predicted octanol–water partition coefficient (Wildman–Crippen LogP) is 5.12. The number of oxazole rings is 1. The molecule has 156 valence electrons. The van der Waals surface area contributed by atoms with Crippen molar-refractivity contribution in [2.45, 2.75) is 38.1 Å². The number of nitrogens with zero attached hydrogens (tertiary/aromatic N) is 2. The molecule has 1 fully saturated rings. The lowest BCUT2D eigenvalue weighted by Crippen LogP contribution is -2.33. The first-order valence-corrected chi connectivity index (χ1v) is 10.5. The Bertz CT molecular complexity index is 1160. The van der Waals surface area contributed by atoms with Crippen molar-refractivity contribution >= 4 is 23.6 Å². The van der Waals surface area contributed by atoms with E-state index in [0.717, 1.165) is 41.2 Å². The molecule has 1 aliphatic heterocycles. The molecule has 2 heterocycles. The third-order valence-electron chi connectivity index (χ3n) is 5.75. The molecule has 1 saturated carbocycles. The largest absolute Gasteiger partial charge is 0.440 e. The molecule has 0 radical (unpaired) electrons. The Labute approximate surface area is 180 Å². The molecule has 0 bridgehead atoms. The quantitative estimate of drug-likeness (QED) is 0.630. The Morgan fingerprint density at radius 2 is 1.90 bits per heavy atom. The van der Waals surface area contributed by atoms with Crippen molar-refractivity contribution in [3.05, 3.63) is 77.9 Å². The van der Waals surface area contributed by atoms with E-state index < -0.39 is 0 Å². The zero-order valence-electron chi connectivity index (χ0n) is 17.2. The highest BCUT2D eigenvalue weighted by molar-refractivity contribution is 5.92. The molecule has 5 rings (SSSR count). The lowest BCUT2D eigenvalue weighted by molar-refractivity contribution is -0.129. The van der Waals surface area contributed by atoms with Crippen LogP contribution in [0.15, 0.2) is 65.3 Å². The first-order chi connectivity index (χ1) is 15.1. The summed E-state index contributed by atoms with van der Waals surface area (Å²) >= 11 is 0. The summed E-state index contributed by atoms with van der Waals surface area (Å²) in [6.45, 7) is 1.51. The highest BCUT2D eigenvalue weighted by atomic mass is 16.4. The minimum atomic E-state index is -0.326. The fraction of sp³-hybridized carbons (Fsp3) is 0.240. The van der Waals surface area contributed by atoms with Crippen LogP contribution in [0.5, 0.6) is 0 Å². The third kappa shape index (κ3) is 4.01. The van der Waals surface area contributed by atoms with Crippen molar-refractivity contribution in [1.82, 2.24) is 9.88 Å².